The van der Waals surface area contributed by atoms with Gasteiger partial charge in [0, 0.05) is 0 Å². The maximum atomic E-state index is 5.93. The van der Waals surface area contributed by atoms with Crippen molar-refractivity contribution in [3.63, 3.8) is 0 Å². The topological polar surface area (TPSA) is 9.23 Å². The van der Waals surface area contributed by atoms with E-state index >= 15 is 0 Å². The number of halogens is 1. The van der Waals surface area contributed by atoms with E-state index in [9.17, 15) is 0 Å². The quantitative estimate of drug-likeness (QED) is 0.641. The summed E-state index contributed by atoms with van der Waals surface area (Å²) in [5.74, 6) is 0.913. The first-order valence-electron chi connectivity index (χ1n) is 3.93. The van der Waals surface area contributed by atoms with Gasteiger partial charge >= 0.3 is 0 Å². The van der Waals surface area contributed by atoms with Crippen LogP contribution in [0.4, 0.5) is 0 Å². The van der Waals surface area contributed by atoms with Gasteiger partial charge in [-0.25, -0.2) is 0 Å². The Morgan fingerprint density at radius 3 is 2.50 bits per heavy atom. The lowest BCUT2D eigenvalue weighted by molar-refractivity contribution is 0.411. The number of rotatable bonds is 2. The Balaban J connectivity index is 3.02. The van der Waals surface area contributed by atoms with E-state index < -0.39 is 0 Å². The van der Waals surface area contributed by atoms with Gasteiger partial charge in [-0.1, -0.05) is 12.1 Å². The first kappa shape index (κ1) is 9.40. The highest BCUT2D eigenvalue weighted by Crippen LogP contribution is 2.25. The van der Waals surface area contributed by atoms with Crippen molar-refractivity contribution in [3.8, 4) is 5.75 Å². The molecular weight excluding hydrogens is 172 g/mol. The molecule has 1 unspecified atom stereocenters. The average molecular weight is 185 g/mol. The summed E-state index contributed by atoms with van der Waals surface area (Å²) in [5, 5.41) is 0.0645. The highest BCUT2D eigenvalue weighted by atomic mass is 35.5. The van der Waals surface area contributed by atoms with Gasteiger partial charge in [-0.05, 0) is 31.0 Å². The summed E-state index contributed by atoms with van der Waals surface area (Å²) in [4.78, 5) is 0. The Morgan fingerprint density at radius 1 is 1.42 bits per heavy atom. The van der Waals surface area contributed by atoms with Crippen molar-refractivity contribution in [1.82, 2.24) is 0 Å². The molecule has 0 aromatic heterocycles. The fourth-order valence-electron chi connectivity index (χ4n) is 1.15. The third-order valence-corrected chi connectivity index (χ3v) is 2.13. The lowest BCUT2D eigenvalue weighted by Gasteiger charge is -2.08. The molecule has 0 spiro atoms. The molecule has 1 rings (SSSR count). The van der Waals surface area contributed by atoms with Crippen LogP contribution in [0, 0.1) is 6.92 Å². The molecule has 0 saturated heterocycles. The second-order valence-corrected chi connectivity index (χ2v) is 3.50. The molecule has 12 heavy (non-hydrogen) atoms. The zero-order valence-electron chi connectivity index (χ0n) is 7.60. The summed E-state index contributed by atoms with van der Waals surface area (Å²) in [7, 11) is 1.67. The summed E-state index contributed by atoms with van der Waals surface area (Å²) in [6.07, 6.45) is 0. The van der Waals surface area contributed by atoms with Crippen LogP contribution in [0.2, 0.25) is 0 Å². The lowest BCUT2D eigenvalue weighted by atomic mass is 10.1. The lowest BCUT2D eigenvalue weighted by Crippen LogP contribution is -1.90. The van der Waals surface area contributed by atoms with Gasteiger partial charge in [-0.2, -0.15) is 0 Å². The van der Waals surface area contributed by atoms with Gasteiger partial charge in [0.1, 0.15) is 5.75 Å². The van der Waals surface area contributed by atoms with Crippen molar-refractivity contribution in [1.29, 1.82) is 0 Å². The van der Waals surface area contributed by atoms with E-state index in [0.29, 0.717) is 0 Å². The van der Waals surface area contributed by atoms with Crippen molar-refractivity contribution in [2.75, 3.05) is 7.11 Å². The second kappa shape index (κ2) is 3.81. The van der Waals surface area contributed by atoms with E-state index in [4.69, 9.17) is 16.3 Å². The number of hydrogen-bond acceptors (Lipinski definition) is 1. The van der Waals surface area contributed by atoms with E-state index in [1.54, 1.807) is 7.11 Å². The Labute approximate surface area is 78.3 Å². The van der Waals surface area contributed by atoms with Crippen molar-refractivity contribution < 1.29 is 4.74 Å². The molecule has 66 valence electrons. The Hall–Kier alpha value is -0.690. The number of hydrogen-bond donors (Lipinski definition) is 0. The van der Waals surface area contributed by atoms with Crippen LogP contribution in [0.25, 0.3) is 0 Å². The number of ether oxygens (including phenoxy) is 1. The molecular formula is C10H13ClO. The predicted octanol–water partition coefficient (Wildman–Crippen LogP) is 3.30. The van der Waals surface area contributed by atoms with E-state index in [1.165, 1.54) is 0 Å². The van der Waals surface area contributed by atoms with Crippen LogP contribution in [0.15, 0.2) is 18.2 Å². The number of benzene rings is 1. The zero-order valence-corrected chi connectivity index (χ0v) is 8.35. The molecule has 0 aliphatic heterocycles. The molecule has 1 aromatic carbocycles. The molecule has 0 radical (unpaired) electrons. The van der Waals surface area contributed by atoms with Crippen LogP contribution in [0.5, 0.6) is 5.75 Å². The van der Waals surface area contributed by atoms with Crippen LogP contribution < -0.4 is 4.74 Å². The summed E-state index contributed by atoms with van der Waals surface area (Å²) in [6, 6.07) is 5.99. The Morgan fingerprint density at radius 2 is 2.08 bits per heavy atom. The molecule has 0 N–H and O–H groups in total. The van der Waals surface area contributed by atoms with E-state index in [2.05, 4.69) is 6.07 Å². The maximum Gasteiger partial charge on any atom is 0.121 e. The van der Waals surface area contributed by atoms with Gasteiger partial charge < -0.3 is 4.74 Å². The highest BCUT2D eigenvalue weighted by Gasteiger charge is 2.03. The van der Waals surface area contributed by atoms with Gasteiger partial charge in [0.15, 0.2) is 0 Å². The summed E-state index contributed by atoms with van der Waals surface area (Å²) >= 11 is 5.93. The minimum absolute atomic E-state index is 0.0645. The third-order valence-electron chi connectivity index (χ3n) is 1.88. The minimum atomic E-state index is 0.0645. The van der Waals surface area contributed by atoms with Gasteiger partial charge in [0.25, 0.3) is 0 Å². The van der Waals surface area contributed by atoms with Crippen molar-refractivity contribution >= 4 is 11.6 Å². The van der Waals surface area contributed by atoms with Crippen molar-refractivity contribution in [2.24, 2.45) is 0 Å². The van der Waals surface area contributed by atoms with Crippen molar-refractivity contribution in [2.45, 2.75) is 19.2 Å². The number of methoxy groups -OCH3 is 1. The molecule has 0 bridgehead atoms. The SMILES string of the molecule is COc1ccc(C(C)Cl)cc1C. The van der Waals surface area contributed by atoms with E-state index in [1.807, 2.05) is 26.0 Å². The molecule has 1 nitrogen and oxygen atoms in total. The largest absolute Gasteiger partial charge is 0.496 e. The van der Waals surface area contributed by atoms with E-state index in [0.717, 1.165) is 16.9 Å². The summed E-state index contributed by atoms with van der Waals surface area (Å²) in [6.45, 7) is 3.98. The molecule has 0 aliphatic rings. The van der Waals surface area contributed by atoms with Crippen molar-refractivity contribution in [3.05, 3.63) is 29.3 Å². The predicted molar refractivity (Wildman–Crippen MR) is 52.0 cm³/mol. The number of aryl methyl sites for hydroxylation is 1. The molecule has 0 amide bonds. The average Bonchev–Trinajstić information content (AvgIpc) is 2.04. The van der Waals surface area contributed by atoms with Gasteiger partial charge in [-0.3, -0.25) is 0 Å². The van der Waals surface area contributed by atoms with Crippen LogP contribution in [-0.4, -0.2) is 7.11 Å². The normalized spacial score (nSPS) is 12.7. The molecule has 0 saturated carbocycles. The molecule has 2 heteroatoms. The van der Waals surface area contributed by atoms with Crippen LogP contribution in [-0.2, 0) is 0 Å². The van der Waals surface area contributed by atoms with Crippen LogP contribution >= 0.6 is 11.6 Å². The fraction of sp³-hybridized carbons (Fsp3) is 0.400. The Kier molecular flexibility index (Phi) is 2.99. The zero-order chi connectivity index (χ0) is 9.14. The smallest absolute Gasteiger partial charge is 0.121 e. The first-order chi connectivity index (χ1) is 5.65. The minimum Gasteiger partial charge on any atom is -0.496 e. The van der Waals surface area contributed by atoms with E-state index in [-0.39, 0.29) is 5.38 Å². The molecule has 1 aromatic rings. The Bertz CT molecular complexity index is 269. The maximum absolute atomic E-state index is 5.93. The first-order valence-corrected chi connectivity index (χ1v) is 4.37. The van der Waals surface area contributed by atoms with Gasteiger partial charge in [0.05, 0.1) is 12.5 Å². The monoisotopic (exact) mass is 184 g/mol. The van der Waals surface area contributed by atoms with Crippen LogP contribution in [0.1, 0.15) is 23.4 Å². The molecule has 0 heterocycles. The van der Waals surface area contributed by atoms with Gasteiger partial charge in [-0.15, -0.1) is 11.6 Å². The second-order valence-electron chi connectivity index (χ2n) is 2.85. The molecule has 1 atom stereocenters. The third kappa shape index (κ3) is 1.92. The fourth-order valence-corrected chi connectivity index (χ4v) is 1.28. The molecule has 0 fully saturated rings. The number of alkyl halides is 1. The van der Waals surface area contributed by atoms with Gasteiger partial charge in [0.2, 0.25) is 0 Å². The standard InChI is InChI=1S/C10H13ClO/c1-7-6-9(8(2)11)4-5-10(7)12-3/h4-6,8H,1-3H3. The summed E-state index contributed by atoms with van der Waals surface area (Å²) in [5.41, 5.74) is 2.26. The summed E-state index contributed by atoms with van der Waals surface area (Å²) < 4.78 is 5.14. The highest BCUT2D eigenvalue weighted by molar-refractivity contribution is 6.20. The van der Waals surface area contributed by atoms with Crippen LogP contribution in [0.3, 0.4) is 0 Å². The molecule has 0 aliphatic carbocycles.